The van der Waals surface area contributed by atoms with Crippen molar-refractivity contribution in [3.63, 3.8) is 0 Å². The first-order valence-corrected chi connectivity index (χ1v) is 6.02. The maximum atomic E-state index is 11.7. The molecule has 1 unspecified atom stereocenters. The highest BCUT2D eigenvalue weighted by Gasteiger charge is 2.13. The summed E-state index contributed by atoms with van der Waals surface area (Å²) in [6, 6.07) is 0. The Morgan fingerprint density at radius 2 is 1.94 bits per heavy atom. The van der Waals surface area contributed by atoms with Crippen LogP contribution in [0.2, 0.25) is 0 Å². The zero-order valence-electron chi connectivity index (χ0n) is 11.1. The summed E-state index contributed by atoms with van der Waals surface area (Å²) >= 11 is 0. The number of aromatic nitrogens is 2. The topological polar surface area (TPSA) is 59.2 Å². The highest BCUT2D eigenvalue weighted by molar-refractivity contribution is 4.83. The highest BCUT2D eigenvalue weighted by atomic mass is 16.3. The molecule has 98 valence electrons. The molecule has 1 aromatic rings. The summed E-state index contributed by atoms with van der Waals surface area (Å²) in [5.41, 5.74) is -0.0938. The molecular weight excluding hydrogens is 218 g/mol. The molecule has 0 aromatic carbocycles. The first-order chi connectivity index (χ1) is 7.83. The second-order valence-electron chi connectivity index (χ2n) is 5.30. The van der Waals surface area contributed by atoms with Crippen LogP contribution in [0.4, 0.5) is 0 Å². The summed E-state index contributed by atoms with van der Waals surface area (Å²) in [5.74, 6) is 0. The van der Waals surface area contributed by atoms with Gasteiger partial charge in [0.25, 0.3) is 0 Å². The maximum Gasteiger partial charge on any atom is 0.328 e. The molecule has 1 aromatic heterocycles. The number of nitrogens with one attached hydrogen (secondary N) is 1. The van der Waals surface area contributed by atoms with Crippen molar-refractivity contribution in [1.29, 1.82) is 0 Å². The van der Waals surface area contributed by atoms with Crippen molar-refractivity contribution in [3.05, 3.63) is 22.9 Å². The number of aryl methyl sites for hydroxylation is 1. The van der Waals surface area contributed by atoms with Crippen molar-refractivity contribution in [1.82, 2.24) is 14.5 Å². The number of imidazole rings is 1. The molecule has 5 nitrogen and oxygen atoms in total. The first kappa shape index (κ1) is 14.0. The number of rotatable bonds is 5. The third-order valence-corrected chi connectivity index (χ3v) is 2.53. The third-order valence-electron chi connectivity index (χ3n) is 2.53. The molecule has 0 fully saturated rings. The van der Waals surface area contributed by atoms with E-state index in [1.54, 1.807) is 21.5 Å². The Bertz CT molecular complexity index is 401. The van der Waals surface area contributed by atoms with Gasteiger partial charge in [0.2, 0.25) is 0 Å². The molecule has 2 N–H and O–H groups in total. The molecule has 0 saturated carbocycles. The van der Waals surface area contributed by atoms with Gasteiger partial charge >= 0.3 is 5.69 Å². The van der Waals surface area contributed by atoms with Crippen LogP contribution in [-0.2, 0) is 13.1 Å². The van der Waals surface area contributed by atoms with E-state index in [1.807, 2.05) is 27.7 Å². The van der Waals surface area contributed by atoms with E-state index < -0.39 is 6.10 Å². The standard InChI is InChI=1S/C12H23N3O2/c1-5-14-6-7-15(11(14)17)9-10(16)8-13-12(2,3)4/h6-7,10,13,16H,5,8-9H2,1-4H3. The zero-order valence-corrected chi connectivity index (χ0v) is 11.1. The maximum absolute atomic E-state index is 11.7. The average Bonchev–Trinajstić information content (AvgIpc) is 2.56. The lowest BCUT2D eigenvalue weighted by atomic mass is 10.1. The highest BCUT2D eigenvalue weighted by Crippen LogP contribution is 1.99. The molecule has 1 heterocycles. The molecule has 5 heteroatoms. The number of aliphatic hydroxyl groups excluding tert-OH is 1. The monoisotopic (exact) mass is 241 g/mol. The molecule has 0 spiro atoms. The van der Waals surface area contributed by atoms with E-state index in [0.717, 1.165) is 0 Å². The van der Waals surface area contributed by atoms with Crippen LogP contribution in [0, 0.1) is 0 Å². The van der Waals surface area contributed by atoms with Gasteiger partial charge in [-0.1, -0.05) is 0 Å². The molecule has 0 aliphatic heterocycles. The molecule has 0 aliphatic carbocycles. The number of nitrogens with zero attached hydrogens (tertiary/aromatic N) is 2. The van der Waals surface area contributed by atoms with Crippen LogP contribution in [0.5, 0.6) is 0 Å². The lowest BCUT2D eigenvalue weighted by Crippen LogP contribution is -2.42. The minimum Gasteiger partial charge on any atom is -0.390 e. The van der Waals surface area contributed by atoms with Gasteiger partial charge in [0, 0.05) is 31.0 Å². The predicted octanol–water partition coefficient (Wildman–Crippen LogP) is 0.419. The molecule has 0 radical (unpaired) electrons. The second kappa shape index (κ2) is 5.51. The van der Waals surface area contributed by atoms with Gasteiger partial charge in [0.15, 0.2) is 0 Å². The van der Waals surface area contributed by atoms with Gasteiger partial charge in [-0.25, -0.2) is 4.79 Å². The molecule has 0 saturated heterocycles. The van der Waals surface area contributed by atoms with Gasteiger partial charge in [-0.2, -0.15) is 0 Å². The van der Waals surface area contributed by atoms with Gasteiger partial charge in [0.1, 0.15) is 0 Å². The molecule has 1 rings (SSSR count). The molecule has 0 bridgehead atoms. The molecule has 17 heavy (non-hydrogen) atoms. The van der Waals surface area contributed by atoms with E-state index in [4.69, 9.17) is 0 Å². The van der Waals surface area contributed by atoms with Crippen molar-refractivity contribution in [2.24, 2.45) is 0 Å². The van der Waals surface area contributed by atoms with Crippen molar-refractivity contribution < 1.29 is 5.11 Å². The Kier molecular flexibility index (Phi) is 4.54. The Balaban J connectivity index is 2.53. The van der Waals surface area contributed by atoms with Crippen LogP contribution in [0.15, 0.2) is 17.2 Å². The molecule has 1 atom stereocenters. The fraction of sp³-hybridized carbons (Fsp3) is 0.750. The van der Waals surface area contributed by atoms with Crippen molar-refractivity contribution in [2.75, 3.05) is 6.54 Å². The largest absolute Gasteiger partial charge is 0.390 e. The van der Waals surface area contributed by atoms with E-state index in [0.29, 0.717) is 19.6 Å². The normalized spacial score (nSPS) is 13.9. The summed E-state index contributed by atoms with van der Waals surface area (Å²) in [6.45, 7) is 9.51. The summed E-state index contributed by atoms with van der Waals surface area (Å²) in [5, 5.41) is 13.1. The molecule has 0 amide bonds. The Morgan fingerprint density at radius 3 is 2.41 bits per heavy atom. The summed E-state index contributed by atoms with van der Waals surface area (Å²) < 4.78 is 3.16. The lowest BCUT2D eigenvalue weighted by molar-refractivity contribution is 0.140. The van der Waals surface area contributed by atoms with E-state index >= 15 is 0 Å². The van der Waals surface area contributed by atoms with Crippen LogP contribution >= 0.6 is 0 Å². The van der Waals surface area contributed by atoms with Crippen LogP contribution < -0.4 is 11.0 Å². The Hall–Kier alpha value is -1.07. The van der Waals surface area contributed by atoms with Crippen LogP contribution in [-0.4, -0.2) is 32.4 Å². The predicted molar refractivity (Wildman–Crippen MR) is 68.1 cm³/mol. The van der Waals surface area contributed by atoms with Crippen molar-refractivity contribution in [2.45, 2.75) is 52.4 Å². The van der Waals surface area contributed by atoms with E-state index in [1.165, 1.54) is 0 Å². The third kappa shape index (κ3) is 4.36. The molecular formula is C12H23N3O2. The SMILES string of the molecule is CCn1ccn(CC(O)CNC(C)(C)C)c1=O. The Labute approximate surface area is 102 Å². The number of hydrogen-bond acceptors (Lipinski definition) is 3. The minimum absolute atomic E-state index is 0.0265. The van der Waals surface area contributed by atoms with E-state index in [-0.39, 0.29) is 11.2 Å². The van der Waals surface area contributed by atoms with E-state index in [2.05, 4.69) is 5.32 Å². The fourth-order valence-electron chi connectivity index (χ4n) is 1.55. The van der Waals surface area contributed by atoms with Crippen molar-refractivity contribution >= 4 is 0 Å². The van der Waals surface area contributed by atoms with Gasteiger partial charge in [-0.15, -0.1) is 0 Å². The first-order valence-electron chi connectivity index (χ1n) is 6.02. The summed E-state index contributed by atoms with van der Waals surface area (Å²) in [7, 11) is 0. The van der Waals surface area contributed by atoms with Gasteiger partial charge in [-0.05, 0) is 27.7 Å². The number of hydrogen-bond donors (Lipinski definition) is 2. The van der Waals surface area contributed by atoms with Gasteiger partial charge in [0.05, 0.1) is 12.6 Å². The van der Waals surface area contributed by atoms with Crippen LogP contribution in [0.1, 0.15) is 27.7 Å². The Morgan fingerprint density at radius 1 is 1.35 bits per heavy atom. The number of aliphatic hydroxyl groups is 1. The number of β-amino-alcohol motifs (C(OH)–C–C–N with tert-alkyl or cyclic N) is 1. The smallest absolute Gasteiger partial charge is 0.328 e. The zero-order chi connectivity index (χ0) is 13.1. The van der Waals surface area contributed by atoms with Crippen LogP contribution in [0.3, 0.4) is 0 Å². The summed E-state index contributed by atoms with van der Waals surface area (Å²) in [4.78, 5) is 11.7. The van der Waals surface area contributed by atoms with Crippen molar-refractivity contribution in [3.8, 4) is 0 Å². The summed E-state index contributed by atoms with van der Waals surface area (Å²) in [6.07, 6.45) is 2.90. The second-order valence-corrected chi connectivity index (χ2v) is 5.30. The fourth-order valence-corrected chi connectivity index (χ4v) is 1.55. The average molecular weight is 241 g/mol. The van der Waals surface area contributed by atoms with Gasteiger partial charge < -0.3 is 10.4 Å². The minimum atomic E-state index is -0.556. The van der Waals surface area contributed by atoms with Crippen LogP contribution in [0.25, 0.3) is 0 Å². The van der Waals surface area contributed by atoms with Gasteiger partial charge in [-0.3, -0.25) is 9.13 Å². The lowest BCUT2D eigenvalue weighted by Gasteiger charge is -2.22. The van der Waals surface area contributed by atoms with E-state index in [9.17, 15) is 9.90 Å². The quantitative estimate of drug-likeness (QED) is 0.785. The molecule has 0 aliphatic rings.